The number of hydrogen-bond acceptors (Lipinski definition) is 6. The predicted molar refractivity (Wildman–Crippen MR) is 132 cm³/mol. The van der Waals surface area contributed by atoms with Gasteiger partial charge in [-0.05, 0) is 64.5 Å². The summed E-state index contributed by atoms with van der Waals surface area (Å²) < 4.78 is 30.0. The minimum atomic E-state index is -0.493. The fourth-order valence-corrected chi connectivity index (χ4v) is 3.53. The minimum Gasteiger partial charge on any atom is -0.493 e. The van der Waals surface area contributed by atoms with E-state index in [4.69, 9.17) is 13.9 Å². The van der Waals surface area contributed by atoms with Crippen LogP contribution in [0.15, 0.2) is 80.7 Å². The number of hydrogen-bond donors (Lipinski definition) is 2. The first kappa shape index (κ1) is 24.0. The number of amides is 2. The minimum absolute atomic E-state index is 0.141. The molecule has 4 aromatic rings. The lowest BCUT2D eigenvalue weighted by Crippen LogP contribution is -2.20. The second-order valence-corrected chi connectivity index (χ2v) is 8.07. The summed E-state index contributed by atoms with van der Waals surface area (Å²) in [5.41, 5.74) is 4.07. The Morgan fingerprint density at radius 3 is 2.60 bits per heavy atom. The molecule has 0 atom stereocenters. The molecule has 4 rings (SSSR count). The SMILES string of the molecule is COc1cc(/C=N/NC(=O)c2cc3ccccc3o2)c(Br)cc1OCC(=O)Nc1ccc(F)cc1. The van der Waals surface area contributed by atoms with Crippen LogP contribution in [-0.4, -0.2) is 31.7 Å². The van der Waals surface area contributed by atoms with E-state index in [1.165, 1.54) is 37.6 Å². The number of para-hydroxylation sites is 1. The average Bonchev–Trinajstić information content (AvgIpc) is 3.30. The Morgan fingerprint density at radius 1 is 1.09 bits per heavy atom. The van der Waals surface area contributed by atoms with Gasteiger partial charge in [-0.2, -0.15) is 5.10 Å². The molecular formula is C25H19BrFN3O5. The van der Waals surface area contributed by atoms with E-state index < -0.39 is 17.6 Å². The van der Waals surface area contributed by atoms with Gasteiger partial charge in [0.2, 0.25) is 0 Å². The smallest absolute Gasteiger partial charge is 0.307 e. The molecule has 0 saturated heterocycles. The monoisotopic (exact) mass is 539 g/mol. The highest BCUT2D eigenvalue weighted by atomic mass is 79.9. The molecule has 2 amide bonds. The van der Waals surface area contributed by atoms with Crippen molar-refractivity contribution in [1.82, 2.24) is 5.43 Å². The molecule has 0 aliphatic rings. The van der Waals surface area contributed by atoms with Crippen molar-refractivity contribution in [3.8, 4) is 11.5 Å². The summed E-state index contributed by atoms with van der Waals surface area (Å²) in [7, 11) is 1.46. The number of anilines is 1. The van der Waals surface area contributed by atoms with Crippen LogP contribution in [0.5, 0.6) is 11.5 Å². The second kappa shape index (κ2) is 10.8. The number of halogens is 2. The number of methoxy groups -OCH3 is 1. The Hall–Kier alpha value is -4.18. The van der Waals surface area contributed by atoms with Crippen molar-refractivity contribution in [3.05, 3.63) is 88.3 Å². The zero-order valence-corrected chi connectivity index (χ0v) is 20.0. The van der Waals surface area contributed by atoms with Crippen LogP contribution in [0.1, 0.15) is 16.1 Å². The summed E-state index contributed by atoms with van der Waals surface area (Å²) in [6.45, 7) is -0.291. The van der Waals surface area contributed by atoms with Crippen LogP contribution in [0, 0.1) is 5.82 Å². The molecule has 1 heterocycles. The van der Waals surface area contributed by atoms with E-state index in [-0.39, 0.29) is 12.4 Å². The predicted octanol–water partition coefficient (Wildman–Crippen LogP) is 5.12. The zero-order chi connectivity index (χ0) is 24.8. The third kappa shape index (κ3) is 6.04. The van der Waals surface area contributed by atoms with Gasteiger partial charge in [0.05, 0.1) is 13.3 Å². The van der Waals surface area contributed by atoms with Gasteiger partial charge in [0.25, 0.3) is 5.91 Å². The van der Waals surface area contributed by atoms with Crippen LogP contribution in [0.2, 0.25) is 0 Å². The number of benzene rings is 3. The Balaban J connectivity index is 1.38. The topological polar surface area (TPSA) is 102 Å². The van der Waals surface area contributed by atoms with Crippen molar-refractivity contribution in [1.29, 1.82) is 0 Å². The molecule has 8 nitrogen and oxygen atoms in total. The summed E-state index contributed by atoms with van der Waals surface area (Å²) in [6.07, 6.45) is 1.43. The zero-order valence-electron chi connectivity index (χ0n) is 18.4. The summed E-state index contributed by atoms with van der Waals surface area (Å²) >= 11 is 3.42. The standard InChI is InChI=1S/C25H19BrFN3O5/c1-33-21-11-16(13-28-30-25(32)23-10-15-4-2-3-5-20(15)35-23)19(26)12-22(21)34-14-24(31)29-18-8-6-17(27)7-9-18/h2-13H,14H2,1H3,(H,29,31)(H,30,32)/b28-13+. The van der Waals surface area contributed by atoms with Crippen molar-refractivity contribution >= 4 is 50.6 Å². The van der Waals surface area contributed by atoms with Crippen molar-refractivity contribution in [2.75, 3.05) is 19.0 Å². The van der Waals surface area contributed by atoms with E-state index in [0.29, 0.717) is 32.8 Å². The van der Waals surface area contributed by atoms with Gasteiger partial charge in [-0.15, -0.1) is 0 Å². The molecule has 0 aliphatic heterocycles. The fourth-order valence-electron chi connectivity index (χ4n) is 3.11. The number of carbonyl (C=O) groups excluding carboxylic acids is 2. The highest BCUT2D eigenvalue weighted by molar-refractivity contribution is 9.10. The maximum Gasteiger partial charge on any atom is 0.307 e. The Labute approximate surface area is 207 Å². The Kier molecular flexibility index (Phi) is 7.41. The van der Waals surface area contributed by atoms with Gasteiger partial charge in [-0.25, -0.2) is 9.82 Å². The summed E-state index contributed by atoms with van der Waals surface area (Å²) in [6, 6.07) is 17.6. The molecule has 35 heavy (non-hydrogen) atoms. The summed E-state index contributed by atoms with van der Waals surface area (Å²) in [5.74, 6) is -0.500. The van der Waals surface area contributed by atoms with Gasteiger partial charge in [0, 0.05) is 21.1 Å². The van der Waals surface area contributed by atoms with Crippen LogP contribution in [0.3, 0.4) is 0 Å². The molecule has 3 aromatic carbocycles. The third-order valence-corrected chi connectivity index (χ3v) is 5.48. The molecule has 0 saturated carbocycles. The highest BCUT2D eigenvalue weighted by Gasteiger charge is 2.13. The van der Waals surface area contributed by atoms with E-state index in [9.17, 15) is 14.0 Å². The van der Waals surface area contributed by atoms with E-state index in [2.05, 4.69) is 31.8 Å². The lowest BCUT2D eigenvalue weighted by molar-refractivity contribution is -0.118. The van der Waals surface area contributed by atoms with Crippen LogP contribution in [0.4, 0.5) is 10.1 Å². The largest absolute Gasteiger partial charge is 0.493 e. The van der Waals surface area contributed by atoms with Gasteiger partial charge in [-0.3, -0.25) is 9.59 Å². The molecule has 0 bridgehead atoms. The number of fused-ring (bicyclic) bond motifs is 1. The van der Waals surface area contributed by atoms with Gasteiger partial charge < -0.3 is 19.2 Å². The third-order valence-electron chi connectivity index (χ3n) is 4.79. The molecule has 0 spiro atoms. The quantitative estimate of drug-likeness (QED) is 0.239. The van der Waals surface area contributed by atoms with Crippen molar-refractivity contribution in [2.45, 2.75) is 0 Å². The summed E-state index contributed by atoms with van der Waals surface area (Å²) in [4.78, 5) is 24.5. The Bertz CT molecular complexity index is 1370. The molecule has 0 radical (unpaired) electrons. The highest BCUT2D eigenvalue weighted by Crippen LogP contribution is 2.33. The van der Waals surface area contributed by atoms with Crippen LogP contribution >= 0.6 is 15.9 Å². The average molecular weight is 540 g/mol. The first-order chi connectivity index (χ1) is 16.9. The van der Waals surface area contributed by atoms with Gasteiger partial charge in [0.15, 0.2) is 23.9 Å². The van der Waals surface area contributed by atoms with Crippen LogP contribution in [0.25, 0.3) is 11.0 Å². The molecule has 0 aliphatic carbocycles. The molecule has 178 valence electrons. The molecule has 1 aromatic heterocycles. The maximum absolute atomic E-state index is 13.0. The number of rotatable bonds is 8. The van der Waals surface area contributed by atoms with Gasteiger partial charge in [-0.1, -0.05) is 18.2 Å². The van der Waals surface area contributed by atoms with Crippen molar-refractivity contribution in [2.24, 2.45) is 5.10 Å². The first-order valence-electron chi connectivity index (χ1n) is 10.3. The number of carbonyl (C=O) groups is 2. The van der Waals surface area contributed by atoms with Crippen LogP contribution < -0.4 is 20.2 Å². The number of nitrogens with zero attached hydrogens (tertiary/aromatic N) is 1. The molecule has 10 heteroatoms. The Morgan fingerprint density at radius 2 is 1.86 bits per heavy atom. The molecule has 2 N–H and O–H groups in total. The lowest BCUT2D eigenvalue weighted by atomic mass is 10.2. The van der Waals surface area contributed by atoms with E-state index in [1.54, 1.807) is 24.3 Å². The molecule has 0 unspecified atom stereocenters. The van der Waals surface area contributed by atoms with E-state index >= 15 is 0 Å². The summed E-state index contributed by atoms with van der Waals surface area (Å²) in [5, 5.41) is 7.41. The van der Waals surface area contributed by atoms with Crippen LogP contribution in [-0.2, 0) is 4.79 Å². The van der Waals surface area contributed by atoms with E-state index in [1.807, 2.05) is 18.2 Å². The normalized spacial score (nSPS) is 10.9. The van der Waals surface area contributed by atoms with Gasteiger partial charge >= 0.3 is 5.91 Å². The number of nitrogens with one attached hydrogen (secondary N) is 2. The van der Waals surface area contributed by atoms with Gasteiger partial charge in [0.1, 0.15) is 11.4 Å². The van der Waals surface area contributed by atoms with Crippen molar-refractivity contribution in [3.63, 3.8) is 0 Å². The maximum atomic E-state index is 13.0. The lowest BCUT2D eigenvalue weighted by Gasteiger charge is -2.13. The molecular weight excluding hydrogens is 521 g/mol. The number of hydrazone groups is 1. The fraction of sp³-hybridized carbons (Fsp3) is 0.0800. The number of furan rings is 1. The number of ether oxygens (including phenoxy) is 2. The second-order valence-electron chi connectivity index (χ2n) is 7.22. The van der Waals surface area contributed by atoms with E-state index in [0.717, 1.165) is 5.39 Å². The van der Waals surface area contributed by atoms with Crippen molar-refractivity contribution < 1.29 is 27.9 Å². The molecule has 0 fully saturated rings. The first-order valence-corrected chi connectivity index (χ1v) is 11.1.